The minimum absolute atomic E-state index is 0.0960. The first-order chi connectivity index (χ1) is 10.5. The number of nitrogens with one attached hydrogen (secondary N) is 2. The Kier molecular flexibility index (Phi) is 5.59. The first-order valence-corrected chi connectivity index (χ1v) is 7.46. The molecule has 2 aromatic rings. The fraction of sp³-hybridized carbons (Fsp3) is 0.0667. The van der Waals surface area contributed by atoms with Gasteiger partial charge in [0.15, 0.2) is 11.5 Å². The van der Waals surface area contributed by atoms with E-state index in [9.17, 15) is 15.0 Å². The third kappa shape index (κ3) is 4.92. The summed E-state index contributed by atoms with van der Waals surface area (Å²) in [4.78, 5) is 11.6. The van der Waals surface area contributed by atoms with E-state index < -0.39 is 0 Å². The lowest BCUT2D eigenvalue weighted by Gasteiger charge is -2.05. The van der Waals surface area contributed by atoms with Crippen molar-refractivity contribution in [2.75, 3.05) is 11.9 Å². The van der Waals surface area contributed by atoms with Crippen molar-refractivity contribution in [3.8, 4) is 11.5 Å². The molecular weight excluding hydrogens is 397 g/mol. The van der Waals surface area contributed by atoms with Crippen LogP contribution in [-0.2, 0) is 4.79 Å². The second-order valence-electron chi connectivity index (χ2n) is 4.40. The maximum atomic E-state index is 11.6. The van der Waals surface area contributed by atoms with Gasteiger partial charge in [0.2, 0.25) is 0 Å². The number of rotatable bonds is 5. The highest BCUT2D eigenvalue weighted by Crippen LogP contribution is 2.23. The molecule has 0 aromatic heterocycles. The van der Waals surface area contributed by atoms with Gasteiger partial charge in [-0.05, 0) is 70.6 Å². The zero-order valence-corrected chi connectivity index (χ0v) is 13.6. The summed E-state index contributed by atoms with van der Waals surface area (Å²) < 4.78 is 1.12. The van der Waals surface area contributed by atoms with Crippen LogP contribution in [0.1, 0.15) is 5.56 Å². The molecule has 0 atom stereocenters. The number of anilines is 1. The van der Waals surface area contributed by atoms with Crippen molar-refractivity contribution in [2.24, 2.45) is 5.10 Å². The van der Waals surface area contributed by atoms with Gasteiger partial charge in [-0.15, -0.1) is 0 Å². The molecule has 0 aliphatic rings. The highest BCUT2D eigenvalue weighted by Gasteiger charge is 2.00. The predicted octanol–water partition coefficient (Wildman–Crippen LogP) is 2.26. The number of nitrogens with zero attached hydrogens (tertiary/aromatic N) is 1. The van der Waals surface area contributed by atoms with E-state index in [2.05, 4.69) is 38.4 Å². The lowest BCUT2D eigenvalue weighted by molar-refractivity contribution is -0.119. The number of aromatic hydroxyl groups is 2. The molecule has 0 aliphatic carbocycles. The van der Waals surface area contributed by atoms with Crippen LogP contribution in [0.5, 0.6) is 11.5 Å². The smallest absolute Gasteiger partial charge is 0.259 e. The molecule has 0 saturated heterocycles. The molecule has 0 spiro atoms. The van der Waals surface area contributed by atoms with Crippen molar-refractivity contribution in [3.63, 3.8) is 0 Å². The molecule has 0 unspecified atom stereocenters. The van der Waals surface area contributed by atoms with E-state index in [-0.39, 0.29) is 24.0 Å². The van der Waals surface area contributed by atoms with Crippen molar-refractivity contribution in [3.05, 3.63) is 51.6 Å². The Balaban J connectivity index is 1.80. The van der Waals surface area contributed by atoms with Gasteiger partial charge in [0.1, 0.15) is 0 Å². The normalized spacial score (nSPS) is 10.6. The first-order valence-electron chi connectivity index (χ1n) is 6.38. The molecular formula is C15H14IN3O3. The molecule has 7 heteroatoms. The summed E-state index contributed by atoms with van der Waals surface area (Å²) in [6.07, 6.45) is 1.38. The summed E-state index contributed by atoms with van der Waals surface area (Å²) in [5.74, 6) is -0.739. The summed E-state index contributed by atoms with van der Waals surface area (Å²) in [5.41, 5.74) is 3.78. The maximum Gasteiger partial charge on any atom is 0.259 e. The van der Waals surface area contributed by atoms with Crippen LogP contribution in [0, 0.1) is 3.57 Å². The second-order valence-corrected chi connectivity index (χ2v) is 5.65. The van der Waals surface area contributed by atoms with E-state index in [4.69, 9.17) is 0 Å². The van der Waals surface area contributed by atoms with Gasteiger partial charge in [-0.2, -0.15) is 5.10 Å². The van der Waals surface area contributed by atoms with Crippen LogP contribution in [0.2, 0.25) is 0 Å². The minimum atomic E-state index is -0.294. The highest BCUT2D eigenvalue weighted by molar-refractivity contribution is 14.1. The van der Waals surface area contributed by atoms with Gasteiger partial charge in [0, 0.05) is 9.26 Å². The summed E-state index contributed by atoms with van der Waals surface area (Å²) in [5, 5.41) is 25.3. The number of phenols is 2. The third-order valence-electron chi connectivity index (χ3n) is 2.70. The summed E-state index contributed by atoms with van der Waals surface area (Å²) in [7, 11) is 0. The fourth-order valence-electron chi connectivity index (χ4n) is 1.59. The Morgan fingerprint density at radius 1 is 1.14 bits per heavy atom. The molecule has 114 valence electrons. The van der Waals surface area contributed by atoms with Crippen LogP contribution in [0.4, 0.5) is 5.69 Å². The molecule has 0 heterocycles. The number of amides is 1. The largest absolute Gasteiger partial charge is 0.504 e. The Bertz CT molecular complexity index is 687. The Morgan fingerprint density at radius 3 is 2.55 bits per heavy atom. The van der Waals surface area contributed by atoms with E-state index >= 15 is 0 Å². The second kappa shape index (κ2) is 7.64. The summed E-state index contributed by atoms with van der Waals surface area (Å²) in [6, 6.07) is 11.9. The third-order valence-corrected chi connectivity index (χ3v) is 3.42. The monoisotopic (exact) mass is 411 g/mol. The quantitative estimate of drug-likeness (QED) is 0.263. The Labute approximate surface area is 141 Å². The minimum Gasteiger partial charge on any atom is -0.504 e. The predicted molar refractivity (Wildman–Crippen MR) is 93.2 cm³/mol. The molecule has 0 bridgehead atoms. The lowest BCUT2D eigenvalue weighted by atomic mass is 10.2. The maximum absolute atomic E-state index is 11.6. The molecule has 2 rings (SSSR count). The van der Waals surface area contributed by atoms with Gasteiger partial charge in [0.05, 0.1) is 12.8 Å². The van der Waals surface area contributed by atoms with Crippen molar-refractivity contribution in [2.45, 2.75) is 0 Å². The number of benzene rings is 2. The summed E-state index contributed by atoms with van der Waals surface area (Å²) >= 11 is 2.21. The molecule has 6 nitrogen and oxygen atoms in total. The van der Waals surface area contributed by atoms with E-state index in [0.29, 0.717) is 5.56 Å². The van der Waals surface area contributed by atoms with Gasteiger partial charge in [-0.25, -0.2) is 5.43 Å². The molecule has 0 radical (unpaired) electrons. The zero-order valence-electron chi connectivity index (χ0n) is 11.5. The summed E-state index contributed by atoms with van der Waals surface area (Å²) in [6.45, 7) is 0.0960. The van der Waals surface area contributed by atoms with Crippen LogP contribution in [0.3, 0.4) is 0 Å². The van der Waals surface area contributed by atoms with Crippen molar-refractivity contribution in [1.29, 1.82) is 0 Å². The van der Waals surface area contributed by atoms with Crippen LogP contribution < -0.4 is 10.7 Å². The van der Waals surface area contributed by atoms with Gasteiger partial charge < -0.3 is 15.5 Å². The highest BCUT2D eigenvalue weighted by atomic mass is 127. The van der Waals surface area contributed by atoms with Crippen LogP contribution >= 0.6 is 22.6 Å². The SMILES string of the molecule is O=C(CNc1ccc(I)cc1)N/N=C\c1ccc(O)c(O)c1. The Morgan fingerprint density at radius 2 is 1.86 bits per heavy atom. The van der Waals surface area contributed by atoms with Gasteiger partial charge in [0.25, 0.3) is 5.91 Å². The lowest BCUT2D eigenvalue weighted by Crippen LogP contribution is -2.25. The van der Waals surface area contributed by atoms with Crippen LogP contribution in [-0.4, -0.2) is 28.9 Å². The van der Waals surface area contributed by atoms with Gasteiger partial charge in [-0.1, -0.05) is 0 Å². The Hall–Kier alpha value is -2.29. The number of hydrogen-bond acceptors (Lipinski definition) is 5. The van der Waals surface area contributed by atoms with Crippen molar-refractivity contribution >= 4 is 40.4 Å². The van der Waals surface area contributed by atoms with E-state index in [0.717, 1.165) is 9.26 Å². The number of hydrogen-bond donors (Lipinski definition) is 4. The molecule has 0 saturated carbocycles. The van der Waals surface area contributed by atoms with Gasteiger partial charge in [-0.3, -0.25) is 4.79 Å². The average Bonchev–Trinajstić information content (AvgIpc) is 2.50. The molecule has 0 fully saturated rings. The van der Waals surface area contributed by atoms with Crippen molar-refractivity contribution in [1.82, 2.24) is 5.43 Å². The van der Waals surface area contributed by atoms with E-state index in [1.807, 2.05) is 24.3 Å². The topological polar surface area (TPSA) is 94.0 Å². The molecule has 2 aromatic carbocycles. The van der Waals surface area contributed by atoms with Crippen LogP contribution in [0.25, 0.3) is 0 Å². The molecule has 0 aliphatic heterocycles. The number of halogens is 1. The van der Waals surface area contributed by atoms with E-state index in [1.54, 1.807) is 6.07 Å². The van der Waals surface area contributed by atoms with Crippen LogP contribution in [0.15, 0.2) is 47.6 Å². The number of carbonyl (C=O) groups is 1. The number of hydrazone groups is 1. The van der Waals surface area contributed by atoms with Crippen molar-refractivity contribution < 1.29 is 15.0 Å². The molecule has 4 N–H and O–H groups in total. The van der Waals surface area contributed by atoms with E-state index in [1.165, 1.54) is 18.3 Å². The van der Waals surface area contributed by atoms with Gasteiger partial charge >= 0.3 is 0 Å². The first kappa shape index (κ1) is 16.1. The average molecular weight is 411 g/mol. The zero-order chi connectivity index (χ0) is 15.9. The number of phenolic OH excluding ortho intramolecular Hbond substituents is 2. The molecule has 22 heavy (non-hydrogen) atoms. The number of carbonyl (C=O) groups excluding carboxylic acids is 1. The standard InChI is InChI=1S/C15H14IN3O3/c16-11-2-4-12(5-3-11)17-9-15(22)19-18-8-10-1-6-13(20)14(21)7-10/h1-8,17,20-21H,9H2,(H,19,22)/b18-8-. The molecule has 1 amide bonds. The fourth-order valence-corrected chi connectivity index (χ4v) is 1.95.